The van der Waals surface area contributed by atoms with Gasteiger partial charge in [-0.2, -0.15) is 0 Å². The van der Waals surface area contributed by atoms with Crippen molar-refractivity contribution in [3.8, 4) is 16.9 Å². The molecule has 2 aromatic carbocycles. The van der Waals surface area contributed by atoms with Crippen LogP contribution in [0.3, 0.4) is 0 Å². The third kappa shape index (κ3) is 3.12. The molecule has 0 saturated carbocycles. The summed E-state index contributed by atoms with van der Waals surface area (Å²) in [6, 6.07) is 20.5. The predicted molar refractivity (Wildman–Crippen MR) is 97.0 cm³/mol. The highest BCUT2D eigenvalue weighted by Crippen LogP contribution is 2.24. The summed E-state index contributed by atoms with van der Waals surface area (Å²) in [5.41, 5.74) is 3.15. The standard InChI is InChI=1S/C20H13ClN2O2/c21-16-8-4-14(5-9-16)15-6-10-17(11-7-15)25-20(24)18-13-22-19-3-1-2-12-23(18)19/h1-13H. The number of nitrogens with zero attached hydrogens (tertiary/aromatic N) is 2. The van der Waals surface area contributed by atoms with E-state index in [4.69, 9.17) is 16.3 Å². The van der Waals surface area contributed by atoms with E-state index in [1.165, 1.54) is 6.20 Å². The Kier molecular flexibility index (Phi) is 3.96. The zero-order valence-electron chi connectivity index (χ0n) is 13.1. The molecule has 4 aromatic rings. The first kappa shape index (κ1) is 15.4. The van der Waals surface area contributed by atoms with Gasteiger partial charge >= 0.3 is 5.97 Å². The van der Waals surface area contributed by atoms with Crippen LogP contribution in [0.25, 0.3) is 16.8 Å². The molecule has 0 radical (unpaired) electrons. The van der Waals surface area contributed by atoms with Crippen molar-refractivity contribution in [2.75, 3.05) is 0 Å². The minimum Gasteiger partial charge on any atom is -0.422 e. The second-order valence-corrected chi connectivity index (χ2v) is 5.93. The summed E-state index contributed by atoms with van der Waals surface area (Å²) < 4.78 is 7.15. The number of carbonyl (C=O) groups excluding carboxylic acids is 1. The van der Waals surface area contributed by atoms with E-state index in [1.807, 2.05) is 54.6 Å². The van der Waals surface area contributed by atoms with Gasteiger partial charge in [-0.1, -0.05) is 41.9 Å². The predicted octanol–water partition coefficient (Wildman–Crippen LogP) is 4.87. The Morgan fingerprint density at radius 3 is 2.32 bits per heavy atom. The van der Waals surface area contributed by atoms with E-state index in [0.29, 0.717) is 22.1 Å². The monoisotopic (exact) mass is 348 g/mol. The van der Waals surface area contributed by atoms with Gasteiger partial charge in [-0.05, 0) is 47.5 Å². The van der Waals surface area contributed by atoms with Gasteiger partial charge in [-0.15, -0.1) is 0 Å². The molecule has 0 aliphatic carbocycles. The molecule has 0 fully saturated rings. The van der Waals surface area contributed by atoms with Gasteiger partial charge in [-0.25, -0.2) is 9.78 Å². The third-order valence-electron chi connectivity index (χ3n) is 3.87. The van der Waals surface area contributed by atoms with Gasteiger partial charge in [-0.3, -0.25) is 4.40 Å². The van der Waals surface area contributed by atoms with E-state index in [0.717, 1.165) is 11.1 Å². The lowest BCUT2D eigenvalue weighted by Crippen LogP contribution is -2.11. The van der Waals surface area contributed by atoms with E-state index in [-0.39, 0.29) is 0 Å². The van der Waals surface area contributed by atoms with Crippen LogP contribution in [0.5, 0.6) is 5.75 Å². The lowest BCUT2D eigenvalue weighted by Gasteiger charge is -2.06. The van der Waals surface area contributed by atoms with Crippen molar-refractivity contribution in [3.05, 3.63) is 89.8 Å². The van der Waals surface area contributed by atoms with Gasteiger partial charge in [0.2, 0.25) is 0 Å². The molecule has 0 aliphatic heterocycles. The SMILES string of the molecule is O=C(Oc1ccc(-c2ccc(Cl)cc2)cc1)c1cnc2ccccn12. The normalized spacial score (nSPS) is 10.8. The smallest absolute Gasteiger partial charge is 0.362 e. The van der Waals surface area contributed by atoms with E-state index < -0.39 is 5.97 Å². The molecule has 0 atom stereocenters. The number of benzene rings is 2. The molecule has 0 N–H and O–H groups in total. The summed E-state index contributed by atoms with van der Waals surface area (Å²) >= 11 is 5.91. The Morgan fingerprint density at radius 2 is 1.60 bits per heavy atom. The number of rotatable bonds is 3. The minimum atomic E-state index is -0.446. The number of carbonyl (C=O) groups is 1. The molecule has 0 unspecified atom stereocenters. The average molecular weight is 349 g/mol. The van der Waals surface area contributed by atoms with Crippen LogP contribution in [0.2, 0.25) is 5.02 Å². The fraction of sp³-hybridized carbons (Fsp3) is 0. The highest BCUT2D eigenvalue weighted by atomic mass is 35.5. The quantitative estimate of drug-likeness (QED) is 0.391. The molecule has 0 saturated heterocycles. The molecule has 0 spiro atoms. The Balaban J connectivity index is 1.54. The van der Waals surface area contributed by atoms with Crippen LogP contribution >= 0.6 is 11.6 Å². The number of hydrogen-bond acceptors (Lipinski definition) is 3. The number of esters is 1. The third-order valence-corrected chi connectivity index (χ3v) is 4.12. The lowest BCUT2D eigenvalue weighted by molar-refractivity contribution is 0.0727. The zero-order chi connectivity index (χ0) is 17.2. The van der Waals surface area contributed by atoms with E-state index in [9.17, 15) is 4.79 Å². The van der Waals surface area contributed by atoms with E-state index in [2.05, 4.69) is 4.98 Å². The van der Waals surface area contributed by atoms with E-state index in [1.54, 1.807) is 22.7 Å². The van der Waals surface area contributed by atoms with Gasteiger partial charge in [0.05, 0.1) is 6.20 Å². The maximum Gasteiger partial charge on any atom is 0.362 e. The molecular formula is C20H13ClN2O2. The van der Waals surface area contributed by atoms with Crippen molar-refractivity contribution in [3.63, 3.8) is 0 Å². The molecule has 0 amide bonds. The molecule has 5 heteroatoms. The van der Waals surface area contributed by atoms with Crippen LogP contribution in [0, 0.1) is 0 Å². The first-order chi connectivity index (χ1) is 12.2. The number of ether oxygens (including phenoxy) is 1. The summed E-state index contributed by atoms with van der Waals surface area (Å²) in [5, 5.41) is 0.697. The number of pyridine rings is 1. The molecular weight excluding hydrogens is 336 g/mol. The first-order valence-electron chi connectivity index (χ1n) is 7.71. The minimum absolute atomic E-state index is 0.386. The van der Waals surface area contributed by atoms with Crippen molar-refractivity contribution in [2.45, 2.75) is 0 Å². The van der Waals surface area contributed by atoms with Crippen molar-refractivity contribution in [2.24, 2.45) is 0 Å². The van der Waals surface area contributed by atoms with Crippen molar-refractivity contribution >= 4 is 23.2 Å². The second-order valence-electron chi connectivity index (χ2n) is 5.49. The van der Waals surface area contributed by atoms with Gasteiger partial charge in [0.25, 0.3) is 0 Å². The molecule has 2 heterocycles. The lowest BCUT2D eigenvalue weighted by atomic mass is 10.1. The van der Waals surface area contributed by atoms with Crippen LogP contribution in [-0.4, -0.2) is 15.4 Å². The van der Waals surface area contributed by atoms with Gasteiger partial charge in [0.15, 0.2) is 5.69 Å². The highest BCUT2D eigenvalue weighted by Gasteiger charge is 2.14. The second kappa shape index (κ2) is 6.42. The fourth-order valence-corrected chi connectivity index (χ4v) is 2.73. The molecule has 2 aromatic heterocycles. The average Bonchev–Trinajstić information content (AvgIpc) is 3.07. The van der Waals surface area contributed by atoms with Crippen LogP contribution in [0.4, 0.5) is 0 Å². The summed E-state index contributed by atoms with van der Waals surface area (Å²) in [4.78, 5) is 16.6. The van der Waals surface area contributed by atoms with Gasteiger partial charge < -0.3 is 4.74 Å². The van der Waals surface area contributed by atoms with Crippen LogP contribution < -0.4 is 4.74 Å². The Morgan fingerprint density at radius 1 is 0.920 bits per heavy atom. The fourth-order valence-electron chi connectivity index (χ4n) is 2.60. The van der Waals surface area contributed by atoms with Crippen LogP contribution in [0.1, 0.15) is 10.5 Å². The number of halogens is 1. The number of fused-ring (bicyclic) bond motifs is 1. The van der Waals surface area contributed by atoms with Crippen molar-refractivity contribution in [1.29, 1.82) is 0 Å². The molecule has 4 nitrogen and oxygen atoms in total. The highest BCUT2D eigenvalue weighted by molar-refractivity contribution is 6.30. The molecule has 122 valence electrons. The summed E-state index contributed by atoms with van der Waals surface area (Å²) in [5.74, 6) is 0.0338. The van der Waals surface area contributed by atoms with Gasteiger partial charge in [0.1, 0.15) is 11.4 Å². The summed E-state index contributed by atoms with van der Waals surface area (Å²) in [6.45, 7) is 0. The first-order valence-corrected chi connectivity index (χ1v) is 8.09. The zero-order valence-corrected chi connectivity index (χ0v) is 13.9. The Bertz CT molecular complexity index is 1040. The molecule has 0 aliphatic rings. The number of imidazole rings is 1. The van der Waals surface area contributed by atoms with Gasteiger partial charge in [0, 0.05) is 11.2 Å². The Hall–Kier alpha value is -3.11. The summed E-state index contributed by atoms with van der Waals surface area (Å²) in [7, 11) is 0. The molecule has 4 rings (SSSR count). The molecule has 25 heavy (non-hydrogen) atoms. The number of aromatic nitrogens is 2. The van der Waals surface area contributed by atoms with E-state index >= 15 is 0 Å². The van der Waals surface area contributed by atoms with Crippen molar-refractivity contribution in [1.82, 2.24) is 9.38 Å². The van der Waals surface area contributed by atoms with Crippen LogP contribution in [0.15, 0.2) is 79.1 Å². The topological polar surface area (TPSA) is 43.6 Å². The van der Waals surface area contributed by atoms with Crippen LogP contribution in [-0.2, 0) is 0 Å². The number of hydrogen-bond donors (Lipinski definition) is 0. The van der Waals surface area contributed by atoms with Crippen molar-refractivity contribution < 1.29 is 9.53 Å². The maximum atomic E-state index is 12.4. The largest absolute Gasteiger partial charge is 0.422 e. The summed E-state index contributed by atoms with van der Waals surface area (Å²) in [6.07, 6.45) is 3.29. The Labute approximate surface area is 149 Å². The molecule has 0 bridgehead atoms. The maximum absolute atomic E-state index is 12.4.